The Hall–Kier alpha value is -0.680. The smallest absolute Gasteiger partial charge is 0.280 e. The predicted molar refractivity (Wildman–Crippen MR) is 54.8 cm³/mol. The van der Waals surface area contributed by atoms with Gasteiger partial charge in [0.15, 0.2) is 0 Å². The second-order valence-electron chi connectivity index (χ2n) is 2.79. The van der Waals surface area contributed by atoms with E-state index < -0.39 is 6.43 Å². The SMILES string of the molecule is FC(F)c1ccc(CNCCS)cn1. The van der Waals surface area contributed by atoms with Crippen molar-refractivity contribution in [2.75, 3.05) is 12.3 Å². The van der Waals surface area contributed by atoms with Crippen LogP contribution in [-0.4, -0.2) is 17.3 Å². The van der Waals surface area contributed by atoms with Crippen molar-refractivity contribution in [1.29, 1.82) is 0 Å². The molecule has 0 saturated heterocycles. The standard InChI is InChI=1S/C9H12F2N2S/c10-9(11)8-2-1-7(6-13-8)5-12-3-4-14/h1-2,6,9,12,14H,3-5H2. The van der Waals surface area contributed by atoms with Crippen molar-refractivity contribution in [3.8, 4) is 0 Å². The van der Waals surface area contributed by atoms with E-state index in [2.05, 4.69) is 22.9 Å². The van der Waals surface area contributed by atoms with Gasteiger partial charge in [0, 0.05) is 25.0 Å². The van der Waals surface area contributed by atoms with Gasteiger partial charge in [-0.25, -0.2) is 8.78 Å². The average Bonchev–Trinajstić information content (AvgIpc) is 2.19. The van der Waals surface area contributed by atoms with Gasteiger partial charge in [-0.1, -0.05) is 6.07 Å². The van der Waals surface area contributed by atoms with Gasteiger partial charge in [-0.15, -0.1) is 0 Å². The van der Waals surface area contributed by atoms with Crippen molar-refractivity contribution < 1.29 is 8.78 Å². The Bertz CT molecular complexity index is 264. The van der Waals surface area contributed by atoms with Gasteiger partial charge in [0.25, 0.3) is 6.43 Å². The largest absolute Gasteiger partial charge is 0.312 e. The first-order chi connectivity index (χ1) is 6.74. The molecular formula is C9H12F2N2S. The third kappa shape index (κ3) is 3.59. The van der Waals surface area contributed by atoms with Gasteiger partial charge < -0.3 is 5.32 Å². The number of nitrogens with one attached hydrogen (secondary N) is 1. The molecule has 0 radical (unpaired) electrons. The quantitative estimate of drug-likeness (QED) is 0.584. The predicted octanol–water partition coefficient (Wildman–Crippen LogP) is 2.04. The van der Waals surface area contributed by atoms with Crippen LogP contribution >= 0.6 is 12.6 Å². The number of halogens is 2. The molecule has 14 heavy (non-hydrogen) atoms. The maximum Gasteiger partial charge on any atom is 0.280 e. The van der Waals surface area contributed by atoms with Crippen LogP contribution in [0.15, 0.2) is 18.3 Å². The lowest BCUT2D eigenvalue weighted by Gasteiger charge is -2.03. The summed E-state index contributed by atoms with van der Waals surface area (Å²) in [6.45, 7) is 1.43. The molecule has 78 valence electrons. The van der Waals surface area contributed by atoms with Gasteiger partial charge in [-0.05, 0) is 11.6 Å². The fourth-order valence-corrected chi connectivity index (χ4v) is 1.14. The van der Waals surface area contributed by atoms with Gasteiger partial charge in [0.2, 0.25) is 0 Å². The molecule has 0 aliphatic carbocycles. The van der Waals surface area contributed by atoms with Crippen molar-refractivity contribution in [2.24, 2.45) is 0 Å². The lowest BCUT2D eigenvalue weighted by Crippen LogP contribution is -2.15. The van der Waals surface area contributed by atoms with Crippen LogP contribution in [0.5, 0.6) is 0 Å². The zero-order chi connectivity index (χ0) is 10.4. The molecule has 0 unspecified atom stereocenters. The zero-order valence-electron chi connectivity index (χ0n) is 7.58. The van der Waals surface area contributed by atoms with Crippen LogP contribution in [0.25, 0.3) is 0 Å². The summed E-state index contributed by atoms with van der Waals surface area (Å²) in [6, 6.07) is 3.00. The molecule has 0 atom stereocenters. The Labute approximate surface area is 87.1 Å². The molecule has 1 aromatic heterocycles. The first-order valence-electron chi connectivity index (χ1n) is 4.28. The lowest BCUT2D eigenvalue weighted by atomic mass is 10.2. The number of pyridine rings is 1. The van der Waals surface area contributed by atoms with E-state index in [9.17, 15) is 8.78 Å². The molecular weight excluding hydrogens is 206 g/mol. The zero-order valence-corrected chi connectivity index (χ0v) is 8.48. The first kappa shape index (κ1) is 11.4. The highest BCUT2D eigenvalue weighted by atomic mass is 32.1. The van der Waals surface area contributed by atoms with E-state index in [0.29, 0.717) is 6.54 Å². The van der Waals surface area contributed by atoms with E-state index in [4.69, 9.17) is 0 Å². The fourth-order valence-electron chi connectivity index (χ4n) is 0.981. The highest BCUT2D eigenvalue weighted by Gasteiger charge is 2.07. The summed E-state index contributed by atoms with van der Waals surface area (Å²) in [5, 5.41) is 3.10. The topological polar surface area (TPSA) is 24.9 Å². The normalized spacial score (nSPS) is 10.9. The Morgan fingerprint density at radius 3 is 2.71 bits per heavy atom. The molecule has 0 fully saturated rings. The third-order valence-corrected chi connectivity index (χ3v) is 1.91. The van der Waals surface area contributed by atoms with Crippen molar-refractivity contribution >= 4 is 12.6 Å². The molecule has 0 spiro atoms. The van der Waals surface area contributed by atoms with Gasteiger partial charge in [-0.2, -0.15) is 12.6 Å². The van der Waals surface area contributed by atoms with E-state index in [1.54, 1.807) is 6.07 Å². The summed E-state index contributed by atoms with van der Waals surface area (Å²) in [7, 11) is 0. The van der Waals surface area contributed by atoms with Crippen LogP contribution in [0.3, 0.4) is 0 Å². The number of hydrogen-bond donors (Lipinski definition) is 2. The number of hydrogen-bond acceptors (Lipinski definition) is 3. The number of alkyl halides is 2. The summed E-state index contributed by atoms with van der Waals surface area (Å²) >= 11 is 4.03. The van der Waals surface area contributed by atoms with Crippen LogP contribution < -0.4 is 5.32 Å². The molecule has 0 aliphatic heterocycles. The van der Waals surface area contributed by atoms with Crippen LogP contribution in [0.4, 0.5) is 8.78 Å². The second kappa shape index (κ2) is 5.93. The summed E-state index contributed by atoms with van der Waals surface area (Å²) in [6.07, 6.45) is -1.03. The molecule has 1 rings (SSSR count). The Kier molecular flexibility index (Phi) is 4.82. The van der Waals surface area contributed by atoms with Crippen molar-refractivity contribution in [3.63, 3.8) is 0 Å². The monoisotopic (exact) mass is 218 g/mol. The minimum atomic E-state index is -2.49. The van der Waals surface area contributed by atoms with Gasteiger partial charge in [0.05, 0.1) is 0 Å². The summed E-state index contributed by atoms with van der Waals surface area (Å²) in [4.78, 5) is 3.65. The van der Waals surface area contributed by atoms with Crippen LogP contribution in [0, 0.1) is 0 Å². The number of nitrogens with zero attached hydrogens (tertiary/aromatic N) is 1. The maximum absolute atomic E-state index is 12.1. The minimum Gasteiger partial charge on any atom is -0.312 e. The van der Waals surface area contributed by atoms with E-state index in [1.807, 2.05) is 0 Å². The first-order valence-corrected chi connectivity index (χ1v) is 4.92. The molecule has 0 aromatic carbocycles. The van der Waals surface area contributed by atoms with Gasteiger partial charge >= 0.3 is 0 Å². The maximum atomic E-state index is 12.1. The molecule has 1 N–H and O–H groups in total. The molecule has 0 saturated carbocycles. The Morgan fingerprint density at radius 2 is 2.21 bits per heavy atom. The summed E-state index contributed by atoms with van der Waals surface area (Å²) in [5.74, 6) is 0.753. The van der Waals surface area contributed by atoms with Gasteiger partial charge in [-0.3, -0.25) is 4.98 Å². The minimum absolute atomic E-state index is 0.178. The molecule has 1 aromatic rings. The van der Waals surface area contributed by atoms with Crippen LogP contribution in [0.1, 0.15) is 17.7 Å². The third-order valence-electron chi connectivity index (χ3n) is 1.69. The number of rotatable bonds is 5. The highest BCUT2D eigenvalue weighted by Crippen LogP contribution is 2.15. The van der Waals surface area contributed by atoms with E-state index in [1.165, 1.54) is 12.3 Å². The van der Waals surface area contributed by atoms with Crippen molar-refractivity contribution in [1.82, 2.24) is 10.3 Å². The highest BCUT2D eigenvalue weighted by molar-refractivity contribution is 7.80. The average molecular weight is 218 g/mol. The van der Waals surface area contributed by atoms with E-state index >= 15 is 0 Å². The number of thiol groups is 1. The van der Waals surface area contributed by atoms with Crippen molar-refractivity contribution in [3.05, 3.63) is 29.6 Å². The number of aromatic nitrogens is 1. The lowest BCUT2D eigenvalue weighted by molar-refractivity contribution is 0.146. The molecule has 5 heteroatoms. The fraction of sp³-hybridized carbons (Fsp3) is 0.444. The molecule has 1 heterocycles. The Balaban J connectivity index is 2.47. The van der Waals surface area contributed by atoms with Gasteiger partial charge in [0.1, 0.15) is 5.69 Å². The molecule has 2 nitrogen and oxygen atoms in total. The van der Waals surface area contributed by atoms with Crippen molar-refractivity contribution in [2.45, 2.75) is 13.0 Å². The summed E-state index contributed by atoms with van der Waals surface area (Å²) < 4.78 is 24.2. The van der Waals surface area contributed by atoms with E-state index in [-0.39, 0.29) is 5.69 Å². The Morgan fingerprint density at radius 1 is 1.43 bits per heavy atom. The van der Waals surface area contributed by atoms with Crippen LogP contribution in [-0.2, 0) is 6.54 Å². The summed E-state index contributed by atoms with van der Waals surface area (Å²) in [5.41, 5.74) is 0.721. The van der Waals surface area contributed by atoms with E-state index in [0.717, 1.165) is 17.9 Å². The second-order valence-corrected chi connectivity index (χ2v) is 3.24. The molecule has 0 aliphatic rings. The van der Waals surface area contributed by atoms with Crippen LogP contribution in [0.2, 0.25) is 0 Å². The molecule has 0 amide bonds. The molecule has 0 bridgehead atoms.